The maximum absolute atomic E-state index is 13.3. The van der Waals surface area contributed by atoms with Crippen LogP contribution in [0.25, 0.3) is 0 Å². The van der Waals surface area contributed by atoms with Crippen molar-refractivity contribution in [3.05, 3.63) is 71.8 Å². The van der Waals surface area contributed by atoms with Crippen LogP contribution in [0.2, 0.25) is 0 Å². The molecule has 0 unspecified atom stereocenters. The summed E-state index contributed by atoms with van der Waals surface area (Å²) in [7, 11) is 0. The molecule has 1 aliphatic heterocycles. The standard InChI is InChI=1S/C29H28N2O5/c1-15(2)14-36-29(35)17-3-7-18(8-4-17)30-26(32)16-5-9-19(10-6-16)31-27(33)24-20-11-12-21(23-13-22(20)23)25(24)28(31)34/h3-12,15,20-25H,13-14H2,1-2H3,(H,30,32)/t20-,21-,22-,23+,24+,25+/m0/s1. The summed E-state index contributed by atoms with van der Waals surface area (Å²) >= 11 is 0. The zero-order chi connectivity index (χ0) is 25.1. The number of carbonyl (C=O) groups is 4. The Hall–Kier alpha value is -3.74. The lowest BCUT2D eigenvalue weighted by atomic mass is 9.63. The van der Waals surface area contributed by atoms with Gasteiger partial charge in [-0.2, -0.15) is 0 Å². The summed E-state index contributed by atoms with van der Waals surface area (Å²) < 4.78 is 5.22. The minimum atomic E-state index is -0.399. The van der Waals surface area contributed by atoms with Crippen molar-refractivity contribution < 1.29 is 23.9 Å². The number of anilines is 2. The van der Waals surface area contributed by atoms with E-state index in [4.69, 9.17) is 4.74 Å². The number of hydrogen-bond donors (Lipinski definition) is 1. The predicted molar refractivity (Wildman–Crippen MR) is 133 cm³/mol. The molecule has 1 N–H and O–H groups in total. The molecule has 3 fully saturated rings. The van der Waals surface area contributed by atoms with E-state index in [2.05, 4.69) is 17.5 Å². The van der Waals surface area contributed by atoms with Gasteiger partial charge in [0.15, 0.2) is 0 Å². The Morgan fingerprint density at radius 1 is 0.889 bits per heavy atom. The SMILES string of the molecule is CC(C)COC(=O)c1ccc(NC(=O)c2ccc(N3C(=O)[C@@H]4[C@H]5C=C[C@@H]([C@@H]6C[C@H]56)[C@H]4C3=O)cc2)cc1. The minimum Gasteiger partial charge on any atom is -0.462 e. The molecule has 3 amide bonds. The van der Waals surface area contributed by atoms with Crippen molar-refractivity contribution in [1.29, 1.82) is 0 Å². The molecule has 7 rings (SSSR count). The highest BCUT2D eigenvalue weighted by Crippen LogP contribution is 2.65. The third-order valence-corrected chi connectivity index (χ3v) is 7.98. The average molecular weight is 485 g/mol. The molecule has 184 valence electrons. The van der Waals surface area contributed by atoms with Gasteiger partial charge >= 0.3 is 5.97 Å². The Morgan fingerprint density at radius 3 is 2.00 bits per heavy atom. The topological polar surface area (TPSA) is 92.8 Å². The van der Waals surface area contributed by atoms with Crippen LogP contribution in [0, 0.1) is 41.4 Å². The lowest BCUT2D eigenvalue weighted by Gasteiger charge is -2.37. The molecular weight excluding hydrogens is 456 g/mol. The van der Waals surface area contributed by atoms with Gasteiger partial charge in [-0.25, -0.2) is 4.79 Å². The number of hydrogen-bond acceptors (Lipinski definition) is 5. The van der Waals surface area contributed by atoms with E-state index in [9.17, 15) is 19.2 Å². The molecule has 1 saturated heterocycles. The number of ether oxygens (including phenoxy) is 1. The van der Waals surface area contributed by atoms with E-state index in [1.165, 1.54) is 4.90 Å². The van der Waals surface area contributed by atoms with Crippen molar-refractivity contribution in [2.75, 3.05) is 16.8 Å². The van der Waals surface area contributed by atoms with Crippen LogP contribution >= 0.6 is 0 Å². The van der Waals surface area contributed by atoms with E-state index >= 15 is 0 Å². The second kappa shape index (κ2) is 8.43. The smallest absolute Gasteiger partial charge is 0.338 e. The number of allylic oxidation sites excluding steroid dienone is 2. The summed E-state index contributed by atoms with van der Waals surface area (Å²) in [6.07, 6.45) is 5.44. The van der Waals surface area contributed by atoms with Gasteiger partial charge in [-0.1, -0.05) is 26.0 Å². The molecule has 0 spiro atoms. The molecule has 0 aromatic heterocycles. The maximum atomic E-state index is 13.3. The Balaban J connectivity index is 1.12. The first kappa shape index (κ1) is 22.7. The van der Waals surface area contributed by atoms with Gasteiger partial charge in [0.05, 0.1) is 29.7 Å². The van der Waals surface area contributed by atoms with Crippen LogP contribution in [0.5, 0.6) is 0 Å². The van der Waals surface area contributed by atoms with Gasteiger partial charge < -0.3 is 10.1 Å². The largest absolute Gasteiger partial charge is 0.462 e. The van der Waals surface area contributed by atoms with Crippen LogP contribution < -0.4 is 10.2 Å². The van der Waals surface area contributed by atoms with Crippen molar-refractivity contribution in [3.63, 3.8) is 0 Å². The zero-order valence-electron chi connectivity index (χ0n) is 20.2. The Bertz CT molecular complexity index is 1240. The third kappa shape index (κ3) is 3.65. The van der Waals surface area contributed by atoms with E-state index < -0.39 is 5.97 Å². The van der Waals surface area contributed by atoms with Gasteiger partial charge in [-0.05, 0) is 84.5 Å². The summed E-state index contributed by atoms with van der Waals surface area (Å²) in [6.45, 7) is 4.28. The van der Waals surface area contributed by atoms with Crippen molar-refractivity contribution in [2.45, 2.75) is 20.3 Å². The van der Waals surface area contributed by atoms with Crippen LogP contribution in [-0.4, -0.2) is 30.3 Å². The van der Waals surface area contributed by atoms with Crippen molar-refractivity contribution in [1.82, 2.24) is 0 Å². The van der Waals surface area contributed by atoms with E-state index in [-0.39, 0.29) is 47.3 Å². The lowest BCUT2D eigenvalue weighted by Crippen LogP contribution is -2.40. The zero-order valence-corrected chi connectivity index (χ0v) is 20.2. The number of rotatable bonds is 6. The number of amides is 3. The third-order valence-electron chi connectivity index (χ3n) is 7.98. The fourth-order valence-electron chi connectivity index (χ4n) is 6.19. The van der Waals surface area contributed by atoms with Crippen molar-refractivity contribution in [3.8, 4) is 0 Å². The highest BCUT2D eigenvalue weighted by atomic mass is 16.5. The molecule has 7 heteroatoms. The molecule has 7 nitrogen and oxygen atoms in total. The second-order valence-corrected chi connectivity index (χ2v) is 10.7. The van der Waals surface area contributed by atoms with Crippen LogP contribution in [0.1, 0.15) is 41.0 Å². The molecule has 0 radical (unpaired) electrons. The van der Waals surface area contributed by atoms with Gasteiger partial charge in [-0.15, -0.1) is 0 Å². The predicted octanol–water partition coefficient (Wildman–Crippen LogP) is 4.31. The first-order chi connectivity index (χ1) is 17.3. The fraction of sp³-hybridized carbons (Fsp3) is 0.379. The Kier molecular flexibility index (Phi) is 5.32. The van der Waals surface area contributed by atoms with Crippen LogP contribution in [0.3, 0.4) is 0 Å². The van der Waals surface area contributed by atoms with Crippen LogP contribution in [-0.2, 0) is 14.3 Å². The number of esters is 1. The van der Waals surface area contributed by atoms with Gasteiger partial charge in [0.1, 0.15) is 0 Å². The lowest BCUT2D eigenvalue weighted by molar-refractivity contribution is -0.124. The minimum absolute atomic E-state index is 0.112. The summed E-state index contributed by atoms with van der Waals surface area (Å²) in [4.78, 5) is 52.7. The molecule has 2 bridgehead atoms. The molecule has 2 aromatic rings. The first-order valence-corrected chi connectivity index (χ1v) is 12.6. The fourth-order valence-corrected chi connectivity index (χ4v) is 6.19. The van der Waals surface area contributed by atoms with Gasteiger partial charge in [0, 0.05) is 11.3 Å². The summed E-state index contributed by atoms with van der Waals surface area (Å²) in [5.74, 6) is 0.290. The summed E-state index contributed by atoms with van der Waals surface area (Å²) in [5.41, 5.74) is 1.87. The molecule has 6 atom stereocenters. The molecule has 2 saturated carbocycles. The normalized spacial score (nSPS) is 29.2. The first-order valence-electron chi connectivity index (χ1n) is 12.6. The van der Waals surface area contributed by atoms with E-state index in [0.717, 1.165) is 6.42 Å². The highest BCUT2D eigenvalue weighted by Gasteiger charge is 2.67. The summed E-state index contributed by atoms with van der Waals surface area (Å²) in [5, 5.41) is 2.80. The average Bonchev–Trinajstić information content (AvgIpc) is 3.66. The quantitative estimate of drug-likeness (QED) is 0.375. The number of carbonyl (C=O) groups excluding carboxylic acids is 4. The highest BCUT2D eigenvalue weighted by molar-refractivity contribution is 6.22. The number of imide groups is 1. The van der Waals surface area contributed by atoms with Crippen molar-refractivity contribution >= 4 is 35.1 Å². The molecule has 2 aromatic carbocycles. The molecule has 5 aliphatic rings. The van der Waals surface area contributed by atoms with Crippen molar-refractivity contribution in [2.24, 2.45) is 41.4 Å². The molecule has 1 heterocycles. The molecule has 4 aliphatic carbocycles. The Labute approximate surface area is 209 Å². The number of nitrogens with zero attached hydrogens (tertiary/aromatic N) is 1. The molecular formula is C29H28N2O5. The van der Waals surface area contributed by atoms with Gasteiger partial charge in [0.2, 0.25) is 11.8 Å². The van der Waals surface area contributed by atoms with E-state index in [1.807, 2.05) is 13.8 Å². The number of nitrogens with one attached hydrogen (secondary N) is 1. The monoisotopic (exact) mass is 484 g/mol. The van der Waals surface area contributed by atoms with E-state index in [1.54, 1.807) is 48.5 Å². The van der Waals surface area contributed by atoms with Crippen LogP contribution in [0.4, 0.5) is 11.4 Å². The Morgan fingerprint density at radius 2 is 1.44 bits per heavy atom. The van der Waals surface area contributed by atoms with Crippen LogP contribution in [0.15, 0.2) is 60.7 Å². The van der Waals surface area contributed by atoms with Gasteiger partial charge in [0.25, 0.3) is 5.91 Å². The summed E-state index contributed by atoms with van der Waals surface area (Å²) in [6, 6.07) is 13.1. The molecule has 36 heavy (non-hydrogen) atoms. The van der Waals surface area contributed by atoms with Gasteiger partial charge in [-0.3, -0.25) is 19.3 Å². The second-order valence-electron chi connectivity index (χ2n) is 10.7. The number of benzene rings is 2. The van der Waals surface area contributed by atoms with E-state index in [0.29, 0.717) is 40.9 Å². The maximum Gasteiger partial charge on any atom is 0.338 e.